The Balaban J connectivity index is 2.17. The van der Waals surface area contributed by atoms with E-state index in [0.717, 1.165) is 30.3 Å². The molecule has 0 aliphatic carbocycles. The van der Waals surface area contributed by atoms with E-state index in [2.05, 4.69) is 0 Å². The van der Waals surface area contributed by atoms with Gasteiger partial charge in [-0.3, -0.25) is 4.79 Å². The first-order valence-corrected chi connectivity index (χ1v) is 7.14. The molecule has 0 saturated heterocycles. The predicted molar refractivity (Wildman–Crippen MR) is 78.8 cm³/mol. The van der Waals surface area contributed by atoms with Gasteiger partial charge in [0.25, 0.3) is 0 Å². The summed E-state index contributed by atoms with van der Waals surface area (Å²) in [7, 11) is 3.20. The van der Waals surface area contributed by atoms with E-state index < -0.39 is 0 Å². The lowest BCUT2D eigenvalue weighted by Gasteiger charge is -2.19. The fraction of sp³-hybridized carbons (Fsp3) is 0.500. The maximum atomic E-state index is 12.3. The van der Waals surface area contributed by atoms with Gasteiger partial charge in [0.2, 0.25) is 5.91 Å². The van der Waals surface area contributed by atoms with E-state index in [-0.39, 0.29) is 5.91 Å². The van der Waals surface area contributed by atoms with Gasteiger partial charge < -0.3 is 19.2 Å². The Hall–Kier alpha value is -2.04. The zero-order valence-electron chi connectivity index (χ0n) is 12.6. The second-order valence-electron chi connectivity index (χ2n) is 5.09. The number of methoxy groups -OCH3 is 2. The van der Waals surface area contributed by atoms with Crippen molar-refractivity contribution in [3.8, 4) is 11.5 Å². The molecule has 0 radical (unpaired) electrons. The third-order valence-electron chi connectivity index (χ3n) is 3.80. The summed E-state index contributed by atoms with van der Waals surface area (Å²) in [5.41, 5.74) is 2.12. The standard InChI is InChI=1S/C16H21NO4/c1-20-14-9-12-5-7-17(6-3-4-8-18)16(19)11-13(12)10-15(14)21-2/h8-10H,3-7,11H2,1-2H3. The zero-order valence-corrected chi connectivity index (χ0v) is 12.6. The van der Waals surface area contributed by atoms with E-state index in [4.69, 9.17) is 9.47 Å². The van der Waals surface area contributed by atoms with E-state index in [1.807, 2.05) is 17.0 Å². The van der Waals surface area contributed by atoms with Crippen molar-refractivity contribution in [3.63, 3.8) is 0 Å². The van der Waals surface area contributed by atoms with Gasteiger partial charge in [-0.15, -0.1) is 0 Å². The van der Waals surface area contributed by atoms with Crippen molar-refractivity contribution in [2.45, 2.75) is 25.7 Å². The van der Waals surface area contributed by atoms with Crippen LogP contribution in [0.4, 0.5) is 0 Å². The molecule has 0 fully saturated rings. The highest BCUT2D eigenvalue weighted by atomic mass is 16.5. The van der Waals surface area contributed by atoms with Crippen LogP contribution in [0.5, 0.6) is 11.5 Å². The normalized spacial score (nSPS) is 14.4. The summed E-state index contributed by atoms with van der Waals surface area (Å²) < 4.78 is 10.6. The molecule has 5 nitrogen and oxygen atoms in total. The number of fused-ring (bicyclic) bond motifs is 1. The van der Waals surface area contributed by atoms with Crippen LogP contribution in [0.2, 0.25) is 0 Å². The number of hydrogen-bond acceptors (Lipinski definition) is 4. The maximum absolute atomic E-state index is 12.3. The molecular formula is C16H21NO4. The van der Waals surface area contributed by atoms with Crippen LogP contribution in [0.25, 0.3) is 0 Å². The van der Waals surface area contributed by atoms with Crippen LogP contribution in [0.3, 0.4) is 0 Å². The molecule has 0 saturated carbocycles. The highest BCUT2D eigenvalue weighted by Gasteiger charge is 2.22. The van der Waals surface area contributed by atoms with Gasteiger partial charge in [-0.1, -0.05) is 0 Å². The van der Waals surface area contributed by atoms with Gasteiger partial charge in [-0.25, -0.2) is 0 Å². The molecule has 1 heterocycles. The van der Waals surface area contributed by atoms with E-state index in [0.29, 0.717) is 37.4 Å². The molecule has 1 amide bonds. The molecular weight excluding hydrogens is 270 g/mol. The van der Waals surface area contributed by atoms with Crippen LogP contribution >= 0.6 is 0 Å². The second kappa shape index (κ2) is 7.11. The minimum absolute atomic E-state index is 0.104. The third kappa shape index (κ3) is 3.54. The van der Waals surface area contributed by atoms with Crippen molar-refractivity contribution < 1.29 is 19.1 Å². The van der Waals surface area contributed by atoms with Gasteiger partial charge in [-0.2, -0.15) is 0 Å². The van der Waals surface area contributed by atoms with Gasteiger partial charge in [-0.05, 0) is 36.1 Å². The molecule has 0 spiro atoms. The Labute approximate surface area is 124 Å². The highest BCUT2D eigenvalue weighted by molar-refractivity contribution is 5.80. The SMILES string of the molecule is COc1cc2c(cc1OC)CC(=O)N(CCCC=O)CC2. The molecule has 1 aliphatic rings. The summed E-state index contributed by atoms with van der Waals surface area (Å²) in [6.07, 6.45) is 3.28. The predicted octanol–water partition coefficient (Wildman–Crippen LogP) is 1.61. The summed E-state index contributed by atoms with van der Waals surface area (Å²) in [4.78, 5) is 24.5. The van der Waals surface area contributed by atoms with Gasteiger partial charge in [0, 0.05) is 19.5 Å². The summed E-state index contributed by atoms with van der Waals surface area (Å²) >= 11 is 0. The molecule has 5 heteroatoms. The summed E-state index contributed by atoms with van der Waals surface area (Å²) in [6, 6.07) is 3.84. The fourth-order valence-electron chi connectivity index (χ4n) is 2.62. The summed E-state index contributed by atoms with van der Waals surface area (Å²) in [6.45, 7) is 1.32. The lowest BCUT2D eigenvalue weighted by molar-refractivity contribution is -0.130. The van der Waals surface area contributed by atoms with Crippen molar-refractivity contribution >= 4 is 12.2 Å². The topological polar surface area (TPSA) is 55.8 Å². The van der Waals surface area contributed by atoms with E-state index in [1.165, 1.54) is 0 Å². The molecule has 2 rings (SSSR count). The Morgan fingerprint density at radius 1 is 1.19 bits per heavy atom. The molecule has 1 aromatic rings. The Morgan fingerprint density at radius 3 is 2.48 bits per heavy atom. The minimum atomic E-state index is 0.104. The lowest BCUT2D eigenvalue weighted by Crippen LogP contribution is -2.33. The van der Waals surface area contributed by atoms with E-state index >= 15 is 0 Å². The molecule has 0 bridgehead atoms. The Kier molecular flexibility index (Phi) is 5.20. The average molecular weight is 291 g/mol. The first kappa shape index (κ1) is 15.4. The van der Waals surface area contributed by atoms with Gasteiger partial charge in [0.05, 0.1) is 20.6 Å². The van der Waals surface area contributed by atoms with Crippen LogP contribution in [0.15, 0.2) is 12.1 Å². The van der Waals surface area contributed by atoms with Crippen molar-refractivity contribution in [1.29, 1.82) is 0 Å². The quantitative estimate of drug-likeness (QED) is 0.590. The number of hydrogen-bond donors (Lipinski definition) is 0. The minimum Gasteiger partial charge on any atom is -0.493 e. The fourth-order valence-corrected chi connectivity index (χ4v) is 2.62. The number of carbonyl (C=O) groups excluding carboxylic acids is 2. The Morgan fingerprint density at radius 2 is 1.86 bits per heavy atom. The van der Waals surface area contributed by atoms with Crippen LogP contribution in [0, 0.1) is 0 Å². The largest absolute Gasteiger partial charge is 0.493 e. The second-order valence-corrected chi connectivity index (χ2v) is 5.09. The van der Waals surface area contributed by atoms with Gasteiger partial charge in [0.1, 0.15) is 6.29 Å². The molecule has 0 unspecified atom stereocenters. The smallest absolute Gasteiger partial charge is 0.227 e. The van der Waals surface area contributed by atoms with Crippen molar-refractivity contribution in [2.75, 3.05) is 27.3 Å². The summed E-state index contributed by atoms with van der Waals surface area (Å²) in [5.74, 6) is 1.45. The number of nitrogens with zero attached hydrogens (tertiary/aromatic N) is 1. The van der Waals surface area contributed by atoms with Crippen LogP contribution < -0.4 is 9.47 Å². The van der Waals surface area contributed by atoms with Crippen LogP contribution in [-0.2, 0) is 22.4 Å². The van der Waals surface area contributed by atoms with E-state index in [1.54, 1.807) is 14.2 Å². The zero-order chi connectivity index (χ0) is 15.2. The van der Waals surface area contributed by atoms with Gasteiger partial charge >= 0.3 is 0 Å². The Bertz CT molecular complexity index is 527. The number of rotatable bonds is 6. The van der Waals surface area contributed by atoms with E-state index in [9.17, 15) is 9.59 Å². The third-order valence-corrected chi connectivity index (χ3v) is 3.80. The van der Waals surface area contributed by atoms with Crippen molar-refractivity contribution in [1.82, 2.24) is 4.90 Å². The summed E-state index contributed by atoms with van der Waals surface area (Å²) in [5, 5.41) is 0. The van der Waals surface area contributed by atoms with Crippen LogP contribution in [-0.4, -0.2) is 44.4 Å². The number of carbonyl (C=O) groups is 2. The first-order valence-electron chi connectivity index (χ1n) is 7.14. The molecule has 21 heavy (non-hydrogen) atoms. The average Bonchev–Trinajstić information content (AvgIpc) is 2.65. The highest BCUT2D eigenvalue weighted by Crippen LogP contribution is 2.32. The molecule has 114 valence electrons. The molecule has 1 aliphatic heterocycles. The number of amides is 1. The van der Waals surface area contributed by atoms with Crippen molar-refractivity contribution in [2.24, 2.45) is 0 Å². The van der Waals surface area contributed by atoms with Crippen molar-refractivity contribution in [3.05, 3.63) is 23.3 Å². The number of aldehydes is 1. The number of unbranched alkanes of at least 4 members (excludes halogenated alkanes) is 1. The lowest BCUT2D eigenvalue weighted by atomic mass is 10.0. The molecule has 0 N–H and O–H groups in total. The molecule has 0 aromatic heterocycles. The molecule has 0 atom stereocenters. The van der Waals surface area contributed by atoms with Crippen LogP contribution in [0.1, 0.15) is 24.0 Å². The monoisotopic (exact) mass is 291 g/mol. The maximum Gasteiger partial charge on any atom is 0.227 e. The number of benzene rings is 1. The first-order chi connectivity index (χ1) is 10.2. The number of ether oxygens (including phenoxy) is 2. The molecule has 1 aromatic carbocycles. The van der Waals surface area contributed by atoms with Gasteiger partial charge in [0.15, 0.2) is 11.5 Å².